The van der Waals surface area contributed by atoms with E-state index in [-0.39, 0.29) is 25.9 Å². The van der Waals surface area contributed by atoms with Gasteiger partial charge in [0.05, 0.1) is 11.2 Å². The van der Waals surface area contributed by atoms with Crippen LogP contribution in [0.5, 0.6) is 0 Å². The molecule has 0 amide bonds. The van der Waals surface area contributed by atoms with E-state index in [9.17, 15) is 21.6 Å². The van der Waals surface area contributed by atoms with Crippen molar-refractivity contribution in [2.75, 3.05) is 26.2 Å². The molecule has 1 rings (SSSR count). The number of nitrogens with zero attached hydrogens (tertiary/aromatic N) is 1. The summed E-state index contributed by atoms with van der Waals surface area (Å²) in [7, 11) is -3.66. The van der Waals surface area contributed by atoms with E-state index in [0.717, 1.165) is 4.31 Å². The molecule has 0 aromatic rings. The van der Waals surface area contributed by atoms with E-state index in [1.54, 1.807) is 0 Å². The maximum atomic E-state index is 12.7. The Labute approximate surface area is 112 Å². The van der Waals surface area contributed by atoms with Gasteiger partial charge in [-0.2, -0.15) is 13.2 Å². The summed E-state index contributed by atoms with van der Waals surface area (Å²) in [5.41, 5.74) is 0. The maximum Gasteiger partial charge on any atom is 0.393 e. The highest BCUT2D eigenvalue weighted by Gasteiger charge is 2.44. The van der Waals surface area contributed by atoms with Crippen LogP contribution in [0.3, 0.4) is 0 Å². The van der Waals surface area contributed by atoms with Crippen molar-refractivity contribution in [3.05, 3.63) is 0 Å². The number of piperidine rings is 1. The molecule has 0 bridgehead atoms. The van der Waals surface area contributed by atoms with Gasteiger partial charge >= 0.3 is 6.18 Å². The van der Waals surface area contributed by atoms with E-state index < -0.39 is 33.9 Å². The van der Waals surface area contributed by atoms with Gasteiger partial charge in [0.25, 0.3) is 0 Å². The minimum atomic E-state index is -4.32. The highest BCUT2D eigenvalue weighted by atomic mass is 32.2. The second-order valence-electron chi connectivity index (χ2n) is 4.90. The molecule has 0 saturated carbocycles. The van der Waals surface area contributed by atoms with Crippen LogP contribution in [0.2, 0.25) is 0 Å². The van der Waals surface area contributed by atoms with Crippen LogP contribution < -0.4 is 5.32 Å². The lowest BCUT2D eigenvalue weighted by molar-refractivity contribution is -0.182. The van der Waals surface area contributed by atoms with Gasteiger partial charge in [-0.15, -0.1) is 0 Å². The normalized spacial score (nSPS) is 24.4. The minimum Gasteiger partial charge on any atom is -0.316 e. The number of rotatable bonds is 5. The Bertz CT molecular complexity index is 384. The highest BCUT2D eigenvalue weighted by Crippen LogP contribution is 2.34. The first-order chi connectivity index (χ1) is 8.69. The van der Waals surface area contributed by atoms with Crippen molar-refractivity contribution in [3.8, 4) is 0 Å². The molecule has 2 atom stereocenters. The van der Waals surface area contributed by atoms with E-state index in [1.165, 1.54) is 6.92 Å². The molecule has 0 spiro atoms. The lowest BCUT2D eigenvalue weighted by Crippen LogP contribution is -2.49. The largest absolute Gasteiger partial charge is 0.393 e. The summed E-state index contributed by atoms with van der Waals surface area (Å²) in [5.74, 6) is -1.54. The summed E-state index contributed by atoms with van der Waals surface area (Å²) in [4.78, 5) is 0. The first-order valence-electron chi connectivity index (χ1n) is 6.46. The third-order valence-electron chi connectivity index (χ3n) is 3.40. The predicted molar refractivity (Wildman–Crippen MR) is 67.3 cm³/mol. The third-order valence-corrected chi connectivity index (χ3v) is 5.63. The molecule has 19 heavy (non-hydrogen) atoms. The molecule has 8 heteroatoms. The van der Waals surface area contributed by atoms with Gasteiger partial charge < -0.3 is 5.32 Å². The summed E-state index contributed by atoms with van der Waals surface area (Å²) in [6, 6.07) is 0. The molecule has 0 aliphatic carbocycles. The Hall–Kier alpha value is -0.340. The van der Waals surface area contributed by atoms with Crippen molar-refractivity contribution < 1.29 is 21.6 Å². The summed E-state index contributed by atoms with van der Waals surface area (Å²) in [6.45, 7) is 4.00. The van der Waals surface area contributed by atoms with Crippen LogP contribution in [0.4, 0.5) is 13.2 Å². The molecule has 0 aromatic heterocycles. The van der Waals surface area contributed by atoms with E-state index in [2.05, 4.69) is 5.32 Å². The zero-order chi connectivity index (χ0) is 14.7. The fourth-order valence-corrected chi connectivity index (χ4v) is 3.76. The zero-order valence-corrected chi connectivity index (χ0v) is 12.0. The van der Waals surface area contributed by atoms with Gasteiger partial charge in [-0.05, 0) is 26.3 Å². The zero-order valence-electron chi connectivity index (χ0n) is 11.2. The molecule has 4 nitrogen and oxygen atoms in total. The second-order valence-corrected chi connectivity index (χ2v) is 7.25. The lowest BCUT2D eigenvalue weighted by Gasteiger charge is -2.34. The van der Waals surface area contributed by atoms with Crippen molar-refractivity contribution in [2.24, 2.45) is 5.92 Å². The van der Waals surface area contributed by atoms with Gasteiger partial charge in [0.1, 0.15) is 0 Å². The fourth-order valence-electron chi connectivity index (χ4n) is 2.15. The number of nitrogens with one attached hydrogen (secondary N) is 1. The van der Waals surface area contributed by atoms with Crippen LogP contribution in [0.1, 0.15) is 26.7 Å². The van der Waals surface area contributed by atoms with Crippen molar-refractivity contribution >= 4 is 10.0 Å². The van der Waals surface area contributed by atoms with Crippen molar-refractivity contribution in [2.45, 2.75) is 38.1 Å². The highest BCUT2D eigenvalue weighted by molar-refractivity contribution is 7.89. The third kappa shape index (κ3) is 4.32. The van der Waals surface area contributed by atoms with Crippen LogP contribution in [0, 0.1) is 5.92 Å². The average molecular weight is 302 g/mol. The van der Waals surface area contributed by atoms with E-state index in [1.807, 2.05) is 6.92 Å². The van der Waals surface area contributed by atoms with Crippen molar-refractivity contribution in [3.63, 3.8) is 0 Å². The Morgan fingerprint density at radius 2 is 2.05 bits per heavy atom. The molecule has 1 heterocycles. The first kappa shape index (κ1) is 16.7. The molecule has 1 saturated heterocycles. The average Bonchev–Trinajstić information content (AvgIpc) is 2.35. The molecule has 2 unspecified atom stereocenters. The summed E-state index contributed by atoms with van der Waals surface area (Å²) in [5, 5.41) is 2.20. The molecule has 1 fully saturated rings. The Morgan fingerprint density at radius 3 is 2.58 bits per heavy atom. The molecular weight excluding hydrogens is 281 g/mol. The monoisotopic (exact) mass is 302 g/mol. The first-order valence-corrected chi connectivity index (χ1v) is 7.96. The molecule has 1 N–H and O–H groups in total. The van der Waals surface area contributed by atoms with Gasteiger partial charge in [-0.1, -0.05) is 6.92 Å². The summed E-state index contributed by atoms with van der Waals surface area (Å²) >= 11 is 0. The molecular formula is C11H21F3N2O2S. The molecule has 0 radical (unpaired) electrons. The van der Waals surface area contributed by atoms with Crippen LogP contribution in [-0.2, 0) is 10.0 Å². The van der Waals surface area contributed by atoms with Gasteiger partial charge in [0, 0.05) is 19.6 Å². The molecule has 0 aromatic carbocycles. The number of sulfonamides is 1. The number of hydrogen-bond acceptors (Lipinski definition) is 3. The van der Waals surface area contributed by atoms with E-state index in [4.69, 9.17) is 0 Å². The van der Waals surface area contributed by atoms with Crippen LogP contribution in [0.25, 0.3) is 0 Å². The van der Waals surface area contributed by atoms with Crippen LogP contribution >= 0.6 is 0 Å². The minimum absolute atomic E-state index is 0.0110. The number of hydrogen-bond donors (Lipinski definition) is 1. The van der Waals surface area contributed by atoms with E-state index >= 15 is 0 Å². The summed E-state index contributed by atoms with van der Waals surface area (Å²) < 4.78 is 63.4. The van der Waals surface area contributed by atoms with Crippen LogP contribution in [0.15, 0.2) is 0 Å². The molecule has 1 aliphatic rings. The fraction of sp³-hybridized carbons (Fsp3) is 1.00. The number of halogens is 3. The predicted octanol–water partition coefficient (Wildman–Crippen LogP) is 1.59. The van der Waals surface area contributed by atoms with Crippen molar-refractivity contribution in [1.82, 2.24) is 9.62 Å². The Morgan fingerprint density at radius 1 is 1.42 bits per heavy atom. The molecule has 1 aliphatic heterocycles. The van der Waals surface area contributed by atoms with Gasteiger partial charge in [-0.25, -0.2) is 12.7 Å². The SMILES string of the molecule is CCNCC(C)S(=O)(=O)N1CCCC(C(F)(F)F)C1. The Balaban J connectivity index is 2.73. The molecule has 114 valence electrons. The topological polar surface area (TPSA) is 49.4 Å². The number of alkyl halides is 3. The van der Waals surface area contributed by atoms with E-state index in [0.29, 0.717) is 6.54 Å². The standard InChI is InChI=1S/C11H21F3N2O2S/c1-3-15-7-9(2)19(17,18)16-6-4-5-10(8-16)11(12,13)14/h9-10,15H,3-8H2,1-2H3. The quantitative estimate of drug-likeness (QED) is 0.839. The van der Waals surface area contributed by atoms with Gasteiger partial charge in [-0.3, -0.25) is 0 Å². The smallest absolute Gasteiger partial charge is 0.316 e. The Kier molecular flexibility index (Phi) is 5.64. The maximum absolute atomic E-state index is 12.7. The summed E-state index contributed by atoms with van der Waals surface area (Å²) in [6.07, 6.45) is -4.05. The lowest BCUT2D eigenvalue weighted by atomic mass is 9.99. The van der Waals surface area contributed by atoms with Crippen LogP contribution in [-0.4, -0.2) is 50.3 Å². The van der Waals surface area contributed by atoms with Gasteiger partial charge in [0.15, 0.2) is 0 Å². The second kappa shape index (κ2) is 6.41. The van der Waals surface area contributed by atoms with Gasteiger partial charge in [0.2, 0.25) is 10.0 Å². The van der Waals surface area contributed by atoms with Crippen molar-refractivity contribution in [1.29, 1.82) is 0 Å².